The average Bonchev–Trinajstić information content (AvgIpc) is 2.55. The van der Waals surface area contributed by atoms with E-state index in [-0.39, 0.29) is 22.4 Å². The number of carbonyl (C=O) groups is 1. The van der Waals surface area contributed by atoms with Gasteiger partial charge in [-0.05, 0) is 42.5 Å². The zero-order valence-electron chi connectivity index (χ0n) is 13.4. The Kier molecular flexibility index (Phi) is 6.11. The Morgan fingerprint density at radius 1 is 1.16 bits per heavy atom. The number of rotatable bonds is 6. The molecule has 0 aliphatic rings. The minimum Gasteiger partial charge on any atom is -0.326 e. The number of carbonyl (C=O) groups excluding carboxylic acids is 1. The fourth-order valence-electron chi connectivity index (χ4n) is 2.14. The second-order valence-electron chi connectivity index (χ2n) is 5.13. The van der Waals surface area contributed by atoms with Crippen LogP contribution in [0.4, 0.5) is 11.4 Å². The topological polar surface area (TPSA) is 66.5 Å². The van der Waals surface area contributed by atoms with Crippen molar-refractivity contribution in [3.63, 3.8) is 0 Å². The number of anilines is 2. The van der Waals surface area contributed by atoms with Crippen molar-refractivity contribution in [2.24, 2.45) is 0 Å². The summed E-state index contributed by atoms with van der Waals surface area (Å²) >= 11 is 11.9. The van der Waals surface area contributed by atoms with Crippen LogP contribution in [0.2, 0.25) is 10.0 Å². The highest BCUT2D eigenvalue weighted by molar-refractivity contribution is 7.92. The number of amides is 1. The van der Waals surface area contributed by atoms with E-state index in [4.69, 9.17) is 23.2 Å². The van der Waals surface area contributed by atoms with Crippen molar-refractivity contribution >= 4 is 50.5 Å². The van der Waals surface area contributed by atoms with Crippen LogP contribution < -0.4 is 9.62 Å². The lowest BCUT2D eigenvalue weighted by atomic mass is 10.3. The van der Waals surface area contributed by atoms with Crippen LogP contribution in [-0.4, -0.2) is 20.9 Å². The van der Waals surface area contributed by atoms with Crippen molar-refractivity contribution < 1.29 is 13.2 Å². The van der Waals surface area contributed by atoms with Gasteiger partial charge < -0.3 is 5.32 Å². The molecular formula is C17H16Cl2N2O3S. The molecule has 1 N–H and O–H groups in total. The van der Waals surface area contributed by atoms with E-state index in [2.05, 4.69) is 11.9 Å². The van der Waals surface area contributed by atoms with E-state index < -0.39 is 10.0 Å². The van der Waals surface area contributed by atoms with Crippen LogP contribution in [0.25, 0.3) is 0 Å². The van der Waals surface area contributed by atoms with Gasteiger partial charge in [0.25, 0.3) is 10.0 Å². The lowest BCUT2D eigenvalue weighted by Gasteiger charge is -2.23. The molecule has 2 aromatic carbocycles. The number of hydrogen-bond acceptors (Lipinski definition) is 3. The Balaban J connectivity index is 2.43. The maximum atomic E-state index is 13.0. The highest BCUT2D eigenvalue weighted by atomic mass is 35.5. The smallest absolute Gasteiger partial charge is 0.264 e. The zero-order valence-corrected chi connectivity index (χ0v) is 15.7. The molecule has 1 amide bonds. The highest BCUT2D eigenvalue weighted by Gasteiger charge is 2.24. The Morgan fingerprint density at radius 2 is 1.80 bits per heavy atom. The second-order valence-corrected chi connectivity index (χ2v) is 7.81. The molecule has 0 heterocycles. The van der Waals surface area contributed by atoms with Crippen LogP contribution in [0.3, 0.4) is 0 Å². The SMILES string of the molecule is C=CCN(c1ccc(Cl)c(Cl)c1)S(=O)(=O)c1ccc(NC(C)=O)cc1. The molecule has 2 aromatic rings. The lowest BCUT2D eigenvalue weighted by molar-refractivity contribution is -0.114. The van der Waals surface area contributed by atoms with Gasteiger partial charge in [-0.15, -0.1) is 6.58 Å². The maximum absolute atomic E-state index is 13.0. The zero-order chi connectivity index (χ0) is 18.6. The molecule has 25 heavy (non-hydrogen) atoms. The van der Waals surface area contributed by atoms with Gasteiger partial charge in [-0.2, -0.15) is 0 Å². The van der Waals surface area contributed by atoms with Crippen molar-refractivity contribution in [3.05, 3.63) is 65.2 Å². The first-order chi connectivity index (χ1) is 11.8. The monoisotopic (exact) mass is 398 g/mol. The summed E-state index contributed by atoms with van der Waals surface area (Å²) in [7, 11) is -3.84. The van der Waals surface area contributed by atoms with Crippen molar-refractivity contribution in [2.75, 3.05) is 16.2 Å². The summed E-state index contributed by atoms with van der Waals surface area (Å²) in [6.45, 7) is 5.05. The van der Waals surface area contributed by atoms with Gasteiger partial charge >= 0.3 is 0 Å². The first kappa shape index (κ1) is 19.3. The molecule has 2 rings (SSSR count). The van der Waals surface area contributed by atoms with E-state index in [9.17, 15) is 13.2 Å². The molecule has 0 fully saturated rings. The van der Waals surface area contributed by atoms with Crippen LogP contribution in [0.15, 0.2) is 60.0 Å². The highest BCUT2D eigenvalue weighted by Crippen LogP contribution is 2.30. The number of hydrogen-bond donors (Lipinski definition) is 1. The third kappa shape index (κ3) is 4.54. The van der Waals surface area contributed by atoms with Crippen molar-refractivity contribution in [3.8, 4) is 0 Å². The van der Waals surface area contributed by atoms with Crippen LogP contribution in [0.1, 0.15) is 6.92 Å². The number of sulfonamides is 1. The van der Waals surface area contributed by atoms with Crippen LogP contribution >= 0.6 is 23.2 Å². The normalized spacial score (nSPS) is 11.0. The molecule has 0 atom stereocenters. The molecule has 8 heteroatoms. The molecular weight excluding hydrogens is 383 g/mol. The minimum absolute atomic E-state index is 0.0632. The third-order valence-electron chi connectivity index (χ3n) is 3.25. The Hall–Kier alpha value is -2.02. The molecule has 0 saturated heterocycles. The second kappa shape index (κ2) is 7.91. The lowest BCUT2D eigenvalue weighted by Crippen LogP contribution is -2.31. The summed E-state index contributed by atoms with van der Waals surface area (Å²) in [4.78, 5) is 11.1. The van der Waals surface area contributed by atoms with Crippen molar-refractivity contribution in [2.45, 2.75) is 11.8 Å². The summed E-state index contributed by atoms with van der Waals surface area (Å²) < 4.78 is 27.1. The fourth-order valence-corrected chi connectivity index (χ4v) is 3.86. The van der Waals surface area contributed by atoms with Gasteiger partial charge in [0.2, 0.25) is 5.91 Å². The van der Waals surface area contributed by atoms with Gasteiger partial charge in [0.1, 0.15) is 0 Å². The van der Waals surface area contributed by atoms with Gasteiger partial charge in [0, 0.05) is 12.6 Å². The largest absolute Gasteiger partial charge is 0.326 e. The van der Waals surface area contributed by atoms with Gasteiger partial charge in [0.15, 0.2) is 0 Å². The minimum atomic E-state index is -3.84. The number of nitrogens with zero attached hydrogens (tertiary/aromatic N) is 1. The fraction of sp³-hybridized carbons (Fsp3) is 0.118. The quantitative estimate of drug-likeness (QED) is 0.736. The molecule has 0 unspecified atom stereocenters. The number of halogens is 2. The first-order valence-corrected chi connectivity index (χ1v) is 9.41. The summed E-state index contributed by atoms with van der Waals surface area (Å²) in [5.41, 5.74) is 0.886. The van der Waals surface area contributed by atoms with Crippen LogP contribution in [0, 0.1) is 0 Å². The molecule has 0 saturated carbocycles. The van der Waals surface area contributed by atoms with E-state index in [0.29, 0.717) is 16.4 Å². The van der Waals surface area contributed by atoms with Crippen LogP contribution in [-0.2, 0) is 14.8 Å². The summed E-state index contributed by atoms with van der Waals surface area (Å²) in [6.07, 6.45) is 1.48. The molecule has 0 bridgehead atoms. The van der Waals surface area contributed by atoms with E-state index in [1.807, 2.05) is 0 Å². The van der Waals surface area contributed by atoms with E-state index >= 15 is 0 Å². The first-order valence-electron chi connectivity index (χ1n) is 7.22. The van der Waals surface area contributed by atoms with Crippen LogP contribution in [0.5, 0.6) is 0 Å². The van der Waals surface area contributed by atoms with Gasteiger partial charge in [-0.1, -0.05) is 29.3 Å². The molecule has 0 spiro atoms. The van der Waals surface area contributed by atoms with Gasteiger partial charge in [-0.25, -0.2) is 8.42 Å². The maximum Gasteiger partial charge on any atom is 0.264 e. The van der Waals surface area contributed by atoms with E-state index in [1.165, 1.54) is 53.7 Å². The van der Waals surface area contributed by atoms with E-state index in [1.54, 1.807) is 6.07 Å². The van der Waals surface area contributed by atoms with E-state index in [0.717, 1.165) is 0 Å². The molecule has 0 aromatic heterocycles. The van der Waals surface area contributed by atoms with Gasteiger partial charge in [-0.3, -0.25) is 9.10 Å². The number of nitrogens with one attached hydrogen (secondary N) is 1. The molecule has 0 radical (unpaired) electrons. The Bertz CT molecular complexity index is 897. The van der Waals surface area contributed by atoms with Gasteiger partial charge in [0.05, 0.1) is 27.2 Å². The summed E-state index contributed by atoms with van der Waals surface area (Å²) in [5.74, 6) is -0.236. The molecule has 0 aliphatic carbocycles. The Labute approximate surface area is 156 Å². The molecule has 0 aliphatic heterocycles. The Morgan fingerprint density at radius 3 is 2.32 bits per heavy atom. The molecule has 132 valence electrons. The predicted octanol–water partition coefficient (Wildman–Crippen LogP) is 4.33. The average molecular weight is 399 g/mol. The summed E-state index contributed by atoms with van der Waals surface area (Å²) in [6, 6.07) is 10.5. The van der Waals surface area contributed by atoms with Crippen molar-refractivity contribution in [1.82, 2.24) is 0 Å². The number of benzene rings is 2. The van der Waals surface area contributed by atoms with Crippen molar-refractivity contribution in [1.29, 1.82) is 0 Å². The standard InChI is InChI=1S/C17H16Cl2N2O3S/c1-3-10-21(14-6-9-16(18)17(19)11-14)25(23,24)15-7-4-13(5-8-15)20-12(2)22/h3-9,11H,1,10H2,2H3,(H,20,22). The third-order valence-corrected chi connectivity index (χ3v) is 5.80. The molecule has 5 nitrogen and oxygen atoms in total. The predicted molar refractivity (Wildman–Crippen MR) is 102 cm³/mol. The summed E-state index contributed by atoms with van der Waals surface area (Å²) in [5, 5.41) is 3.18.